The van der Waals surface area contributed by atoms with Crippen LogP contribution in [-0.2, 0) is 4.79 Å². The summed E-state index contributed by atoms with van der Waals surface area (Å²) in [4.78, 5) is 10.3. The summed E-state index contributed by atoms with van der Waals surface area (Å²) >= 11 is 0. The molecular formula is C10H11FO3. The number of carboxylic acid groups (broad SMARTS) is 1. The van der Waals surface area contributed by atoms with Gasteiger partial charge in [-0.3, -0.25) is 4.79 Å². The summed E-state index contributed by atoms with van der Waals surface area (Å²) in [7, 11) is 0. The van der Waals surface area contributed by atoms with Crippen LogP contribution in [0.25, 0.3) is 0 Å². The topological polar surface area (TPSA) is 57.5 Å². The quantitative estimate of drug-likeness (QED) is 0.776. The molecule has 0 saturated carbocycles. The zero-order chi connectivity index (χ0) is 10.7. The maximum Gasteiger partial charge on any atom is 0.306 e. The van der Waals surface area contributed by atoms with Crippen LogP contribution in [0.3, 0.4) is 0 Å². The molecule has 0 saturated heterocycles. The molecule has 0 bridgehead atoms. The van der Waals surface area contributed by atoms with E-state index in [1.54, 1.807) is 6.92 Å². The molecule has 0 radical (unpaired) electrons. The Morgan fingerprint density at radius 3 is 2.71 bits per heavy atom. The van der Waals surface area contributed by atoms with E-state index in [-0.39, 0.29) is 6.42 Å². The Bertz CT molecular complexity index is 349. The molecule has 0 aliphatic carbocycles. The fourth-order valence-electron chi connectivity index (χ4n) is 1.29. The number of benzene rings is 1. The Morgan fingerprint density at radius 2 is 2.21 bits per heavy atom. The number of hydrogen-bond donors (Lipinski definition) is 2. The molecule has 76 valence electrons. The largest absolute Gasteiger partial charge is 0.481 e. The monoisotopic (exact) mass is 198 g/mol. The van der Waals surface area contributed by atoms with Crippen molar-refractivity contribution in [2.24, 2.45) is 0 Å². The lowest BCUT2D eigenvalue weighted by Gasteiger charge is -2.11. The summed E-state index contributed by atoms with van der Waals surface area (Å²) in [5.74, 6) is -1.48. The van der Waals surface area contributed by atoms with Gasteiger partial charge in [-0.25, -0.2) is 4.39 Å². The third-order valence-corrected chi connectivity index (χ3v) is 1.96. The van der Waals surface area contributed by atoms with Crippen molar-refractivity contribution in [2.45, 2.75) is 19.4 Å². The lowest BCUT2D eigenvalue weighted by molar-refractivity contribution is -0.139. The Labute approximate surface area is 80.8 Å². The number of aliphatic hydroxyl groups excluding tert-OH is 1. The number of carboxylic acids is 1. The molecule has 0 unspecified atom stereocenters. The van der Waals surface area contributed by atoms with Crippen LogP contribution in [0.1, 0.15) is 23.7 Å². The van der Waals surface area contributed by atoms with Crippen molar-refractivity contribution in [3.8, 4) is 0 Å². The first kappa shape index (κ1) is 10.7. The molecule has 0 aromatic heterocycles. The smallest absolute Gasteiger partial charge is 0.306 e. The Hall–Kier alpha value is -1.42. The van der Waals surface area contributed by atoms with E-state index in [0.717, 1.165) is 0 Å². The number of rotatable bonds is 3. The molecule has 1 aromatic rings. The van der Waals surface area contributed by atoms with Gasteiger partial charge in [0.05, 0.1) is 12.5 Å². The van der Waals surface area contributed by atoms with Gasteiger partial charge in [0.1, 0.15) is 5.82 Å². The van der Waals surface area contributed by atoms with Gasteiger partial charge in [0, 0.05) is 0 Å². The summed E-state index contributed by atoms with van der Waals surface area (Å²) in [5, 5.41) is 17.9. The number of aliphatic hydroxyl groups is 1. The fourth-order valence-corrected chi connectivity index (χ4v) is 1.29. The number of aryl methyl sites for hydroxylation is 1. The Morgan fingerprint density at radius 1 is 1.57 bits per heavy atom. The van der Waals surface area contributed by atoms with E-state index in [9.17, 15) is 14.3 Å². The summed E-state index contributed by atoms with van der Waals surface area (Å²) in [5.41, 5.74) is 1.01. The molecule has 0 aliphatic heterocycles. The Kier molecular flexibility index (Phi) is 3.19. The standard InChI is InChI=1S/C10H11FO3/c1-6-4-7(11)2-3-8(6)9(12)5-10(13)14/h2-4,9,12H,5H2,1H3,(H,13,14)/t9-/m1/s1. The number of hydrogen-bond acceptors (Lipinski definition) is 2. The third kappa shape index (κ3) is 2.53. The minimum Gasteiger partial charge on any atom is -0.481 e. The van der Waals surface area contributed by atoms with Gasteiger partial charge in [-0.2, -0.15) is 0 Å². The highest BCUT2D eigenvalue weighted by Gasteiger charge is 2.14. The first-order valence-corrected chi connectivity index (χ1v) is 4.16. The molecule has 1 rings (SSSR count). The van der Waals surface area contributed by atoms with Gasteiger partial charge in [-0.1, -0.05) is 6.07 Å². The molecule has 2 N–H and O–H groups in total. The summed E-state index contributed by atoms with van der Waals surface area (Å²) < 4.78 is 12.7. The van der Waals surface area contributed by atoms with Crippen molar-refractivity contribution in [1.82, 2.24) is 0 Å². The predicted octanol–water partition coefficient (Wildman–Crippen LogP) is 1.64. The van der Waals surface area contributed by atoms with Gasteiger partial charge < -0.3 is 10.2 Å². The molecule has 4 heteroatoms. The van der Waals surface area contributed by atoms with Crippen LogP contribution in [-0.4, -0.2) is 16.2 Å². The zero-order valence-corrected chi connectivity index (χ0v) is 7.70. The normalized spacial score (nSPS) is 12.5. The van der Waals surface area contributed by atoms with E-state index < -0.39 is 17.9 Å². The number of aliphatic carboxylic acids is 1. The van der Waals surface area contributed by atoms with Crippen molar-refractivity contribution in [1.29, 1.82) is 0 Å². The molecule has 3 nitrogen and oxygen atoms in total. The highest BCUT2D eigenvalue weighted by Crippen LogP contribution is 2.21. The first-order chi connectivity index (χ1) is 6.50. The SMILES string of the molecule is Cc1cc(F)ccc1[C@H](O)CC(=O)O. The van der Waals surface area contributed by atoms with Crippen LogP contribution in [0.4, 0.5) is 4.39 Å². The van der Waals surface area contributed by atoms with Crippen LogP contribution >= 0.6 is 0 Å². The molecule has 0 amide bonds. The first-order valence-electron chi connectivity index (χ1n) is 4.16. The van der Waals surface area contributed by atoms with Crippen molar-refractivity contribution in [2.75, 3.05) is 0 Å². The maximum atomic E-state index is 12.7. The van der Waals surface area contributed by atoms with E-state index in [1.807, 2.05) is 0 Å². The fraction of sp³-hybridized carbons (Fsp3) is 0.300. The predicted molar refractivity (Wildman–Crippen MR) is 48.3 cm³/mol. The van der Waals surface area contributed by atoms with E-state index in [1.165, 1.54) is 18.2 Å². The molecule has 0 aliphatic rings. The second-order valence-corrected chi connectivity index (χ2v) is 3.11. The zero-order valence-electron chi connectivity index (χ0n) is 7.70. The molecule has 14 heavy (non-hydrogen) atoms. The van der Waals surface area contributed by atoms with Crippen molar-refractivity contribution < 1.29 is 19.4 Å². The average molecular weight is 198 g/mol. The minimum absolute atomic E-state index is 0.369. The van der Waals surface area contributed by atoms with Crippen LogP contribution in [0.15, 0.2) is 18.2 Å². The summed E-state index contributed by atoms with van der Waals surface area (Å²) in [6, 6.07) is 3.87. The second kappa shape index (κ2) is 4.19. The van der Waals surface area contributed by atoms with Crippen LogP contribution in [0, 0.1) is 12.7 Å². The lowest BCUT2D eigenvalue weighted by atomic mass is 10.0. The van der Waals surface area contributed by atoms with Gasteiger partial charge in [0.2, 0.25) is 0 Å². The molecule has 1 aromatic carbocycles. The van der Waals surface area contributed by atoms with E-state index in [2.05, 4.69) is 0 Å². The van der Waals surface area contributed by atoms with Gasteiger partial charge in [-0.05, 0) is 30.2 Å². The van der Waals surface area contributed by atoms with Crippen LogP contribution in [0.5, 0.6) is 0 Å². The third-order valence-electron chi connectivity index (χ3n) is 1.96. The average Bonchev–Trinajstić information content (AvgIpc) is 2.01. The van der Waals surface area contributed by atoms with E-state index in [4.69, 9.17) is 5.11 Å². The van der Waals surface area contributed by atoms with E-state index in [0.29, 0.717) is 11.1 Å². The number of carbonyl (C=O) groups is 1. The van der Waals surface area contributed by atoms with Crippen molar-refractivity contribution in [3.05, 3.63) is 35.1 Å². The molecular weight excluding hydrogens is 187 g/mol. The van der Waals surface area contributed by atoms with Gasteiger partial charge in [-0.15, -0.1) is 0 Å². The number of halogens is 1. The molecule has 0 fully saturated rings. The van der Waals surface area contributed by atoms with Gasteiger partial charge in [0.15, 0.2) is 0 Å². The van der Waals surface area contributed by atoms with Gasteiger partial charge >= 0.3 is 5.97 Å². The Balaban J connectivity index is 2.90. The lowest BCUT2D eigenvalue weighted by Crippen LogP contribution is -2.06. The van der Waals surface area contributed by atoms with Crippen LogP contribution < -0.4 is 0 Å². The van der Waals surface area contributed by atoms with Crippen molar-refractivity contribution >= 4 is 5.97 Å². The van der Waals surface area contributed by atoms with E-state index >= 15 is 0 Å². The summed E-state index contributed by atoms with van der Waals surface area (Å²) in [6.45, 7) is 1.63. The molecule has 0 heterocycles. The maximum absolute atomic E-state index is 12.7. The molecule has 0 spiro atoms. The van der Waals surface area contributed by atoms with Gasteiger partial charge in [0.25, 0.3) is 0 Å². The minimum atomic E-state index is -1.08. The van der Waals surface area contributed by atoms with Crippen LogP contribution in [0.2, 0.25) is 0 Å². The highest BCUT2D eigenvalue weighted by molar-refractivity contribution is 5.67. The highest BCUT2D eigenvalue weighted by atomic mass is 19.1. The summed E-state index contributed by atoms with van der Waals surface area (Å²) in [6.07, 6.45) is -1.44. The second-order valence-electron chi connectivity index (χ2n) is 3.11. The molecule has 1 atom stereocenters. The van der Waals surface area contributed by atoms with Crippen molar-refractivity contribution in [3.63, 3.8) is 0 Å².